The van der Waals surface area contributed by atoms with E-state index in [2.05, 4.69) is 26.8 Å². The lowest BCUT2D eigenvalue weighted by Gasteiger charge is -2.18. The number of imidazole rings is 1. The van der Waals surface area contributed by atoms with Gasteiger partial charge >= 0.3 is 11.7 Å². The van der Waals surface area contributed by atoms with Gasteiger partial charge in [0.05, 0.1) is 17.6 Å². The van der Waals surface area contributed by atoms with Crippen molar-refractivity contribution in [3.05, 3.63) is 34.4 Å². The van der Waals surface area contributed by atoms with Gasteiger partial charge < -0.3 is 10.0 Å². The average Bonchev–Trinajstić information content (AvgIpc) is 3.32. The summed E-state index contributed by atoms with van der Waals surface area (Å²) in [6.45, 7) is 8.25. The maximum atomic E-state index is 12.8. The molecule has 1 saturated heterocycles. The Morgan fingerprint density at radius 1 is 1.19 bits per heavy atom. The van der Waals surface area contributed by atoms with Gasteiger partial charge in [0.25, 0.3) is 0 Å². The lowest BCUT2D eigenvalue weighted by molar-refractivity contribution is -0.140. The second kappa shape index (κ2) is 7.66. The Bertz CT molecular complexity index is 1130. The molecule has 2 atom stereocenters. The van der Waals surface area contributed by atoms with Crippen LogP contribution in [0.25, 0.3) is 16.7 Å². The van der Waals surface area contributed by atoms with Gasteiger partial charge in [0.15, 0.2) is 5.65 Å². The fraction of sp³-hybridized carbons (Fsp3) is 0.565. The zero-order valence-corrected chi connectivity index (χ0v) is 18.6. The zero-order valence-electron chi connectivity index (χ0n) is 18.6. The van der Waals surface area contributed by atoms with E-state index in [0.29, 0.717) is 31.2 Å². The van der Waals surface area contributed by atoms with Crippen LogP contribution in [0.3, 0.4) is 0 Å². The highest BCUT2D eigenvalue weighted by molar-refractivity contribution is 5.81. The molecule has 4 rings (SSSR count). The Kier molecular flexibility index (Phi) is 5.27. The fourth-order valence-corrected chi connectivity index (χ4v) is 4.75. The Hall–Kier alpha value is -2.90. The number of aromatic nitrogens is 3. The number of aliphatic carboxylic acids is 1. The van der Waals surface area contributed by atoms with E-state index in [-0.39, 0.29) is 35.8 Å². The van der Waals surface area contributed by atoms with Gasteiger partial charge in [-0.2, -0.15) is 0 Å². The van der Waals surface area contributed by atoms with Gasteiger partial charge in [-0.25, -0.2) is 9.78 Å². The van der Waals surface area contributed by atoms with E-state index >= 15 is 0 Å². The largest absolute Gasteiger partial charge is 0.481 e. The van der Waals surface area contributed by atoms with Gasteiger partial charge in [0, 0.05) is 33.1 Å². The normalized spacial score (nSPS) is 20.9. The van der Waals surface area contributed by atoms with Crippen molar-refractivity contribution in [1.82, 2.24) is 19.0 Å². The molecule has 1 fully saturated rings. The molecule has 2 aromatic rings. The second-order valence-corrected chi connectivity index (χ2v) is 10.0. The molecule has 1 aliphatic carbocycles. The summed E-state index contributed by atoms with van der Waals surface area (Å²) < 4.78 is 3.41. The number of fused-ring (bicyclic) bond motifs is 2. The quantitative estimate of drug-likeness (QED) is 0.792. The number of nitrogens with zero attached hydrogens (tertiary/aromatic N) is 4. The summed E-state index contributed by atoms with van der Waals surface area (Å²) in [6, 6.07) is 3.98. The molecule has 0 bridgehead atoms. The Morgan fingerprint density at radius 2 is 1.94 bits per heavy atom. The van der Waals surface area contributed by atoms with Crippen LogP contribution in [-0.4, -0.2) is 49.1 Å². The highest BCUT2D eigenvalue weighted by Crippen LogP contribution is 2.41. The van der Waals surface area contributed by atoms with E-state index in [1.54, 1.807) is 21.1 Å². The Labute approximate surface area is 181 Å². The number of carboxylic acids is 1. The minimum absolute atomic E-state index is 0.0179. The monoisotopic (exact) mass is 426 g/mol. The van der Waals surface area contributed by atoms with Crippen LogP contribution >= 0.6 is 0 Å². The highest BCUT2D eigenvalue weighted by Gasteiger charge is 2.38. The van der Waals surface area contributed by atoms with Gasteiger partial charge in [-0.1, -0.05) is 26.8 Å². The maximum absolute atomic E-state index is 12.8. The third kappa shape index (κ3) is 4.16. The molecule has 1 aliphatic heterocycles. The van der Waals surface area contributed by atoms with Gasteiger partial charge in [0.1, 0.15) is 0 Å². The van der Waals surface area contributed by atoms with Crippen LogP contribution in [0.2, 0.25) is 0 Å². The first kappa shape index (κ1) is 21.3. The maximum Gasteiger partial charge on any atom is 0.330 e. The summed E-state index contributed by atoms with van der Waals surface area (Å²) in [5.41, 5.74) is 3.51. The van der Waals surface area contributed by atoms with Crippen molar-refractivity contribution in [3.8, 4) is 0 Å². The number of rotatable bonds is 5. The van der Waals surface area contributed by atoms with E-state index in [1.165, 1.54) is 0 Å². The van der Waals surface area contributed by atoms with Crippen molar-refractivity contribution in [2.24, 2.45) is 24.3 Å². The summed E-state index contributed by atoms with van der Waals surface area (Å²) in [5.74, 6) is -0.408. The minimum Gasteiger partial charge on any atom is -0.481 e. The van der Waals surface area contributed by atoms with Gasteiger partial charge in [0.2, 0.25) is 5.91 Å². The summed E-state index contributed by atoms with van der Waals surface area (Å²) >= 11 is 0. The number of likely N-dealkylation sites (tertiary alicyclic amines) is 1. The molecule has 1 N–H and O–H groups in total. The topological polar surface area (TPSA) is 97.4 Å². The molecule has 0 spiro atoms. The lowest BCUT2D eigenvalue weighted by atomic mass is 9.97. The molecule has 31 heavy (non-hydrogen) atoms. The smallest absolute Gasteiger partial charge is 0.330 e. The molecule has 0 saturated carbocycles. The molecule has 3 heterocycles. The van der Waals surface area contributed by atoms with E-state index in [0.717, 1.165) is 23.2 Å². The van der Waals surface area contributed by atoms with Crippen LogP contribution in [-0.2, 0) is 23.2 Å². The lowest BCUT2D eigenvalue weighted by Crippen LogP contribution is -2.29. The molecule has 8 heteroatoms. The number of hydrogen-bond donors (Lipinski definition) is 1. The molecule has 2 unspecified atom stereocenters. The highest BCUT2D eigenvalue weighted by atomic mass is 16.4. The van der Waals surface area contributed by atoms with E-state index in [9.17, 15) is 14.4 Å². The molecule has 0 radical (unpaired) electrons. The molecule has 8 nitrogen and oxygen atoms in total. The molecule has 166 valence electrons. The molecular formula is C23H30N4O4. The average molecular weight is 427 g/mol. The van der Waals surface area contributed by atoms with Gasteiger partial charge in [-0.05, 0) is 41.4 Å². The second-order valence-electron chi connectivity index (χ2n) is 10.0. The summed E-state index contributed by atoms with van der Waals surface area (Å²) in [6.07, 6.45) is 2.97. The van der Waals surface area contributed by atoms with E-state index in [4.69, 9.17) is 10.1 Å². The molecule has 2 aliphatic rings. The summed E-state index contributed by atoms with van der Waals surface area (Å²) in [5, 5.41) is 8.79. The molecule has 1 amide bonds. The zero-order chi connectivity index (χ0) is 22.5. The van der Waals surface area contributed by atoms with Crippen molar-refractivity contribution in [2.45, 2.75) is 46.6 Å². The van der Waals surface area contributed by atoms with Crippen molar-refractivity contribution < 1.29 is 14.7 Å². The van der Waals surface area contributed by atoms with Crippen LogP contribution in [0.5, 0.6) is 0 Å². The number of aryl methyl sites for hydroxylation is 1. The number of carbonyl (C=O) groups is 2. The summed E-state index contributed by atoms with van der Waals surface area (Å²) in [7, 11) is 1.76. The van der Waals surface area contributed by atoms with E-state index in [1.807, 2.05) is 12.1 Å². The van der Waals surface area contributed by atoms with E-state index < -0.39 is 5.97 Å². The van der Waals surface area contributed by atoms with Crippen LogP contribution in [0.4, 0.5) is 0 Å². The van der Waals surface area contributed by atoms with Crippen LogP contribution in [0.1, 0.15) is 45.7 Å². The Balaban J connectivity index is 1.54. The summed E-state index contributed by atoms with van der Waals surface area (Å²) in [4.78, 5) is 42.3. The number of amides is 1. The van der Waals surface area contributed by atoms with Crippen molar-refractivity contribution in [3.63, 3.8) is 0 Å². The predicted molar refractivity (Wildman–Crippen MR) is 117 cm³/mol. The Morgan fingerprint density at radius 3 is 2.58 bits per heavy atom. The predicted octanol–water partition coefficient (Wildman–Crippen LogP) is 2.51. The third-order valence-electron chi connectivity index (χ3n) is 6.24. The van der Waals surface area contributed by atoms with Crippen molar-refractivity contribution in [2.75, 3.05) is 13.1 Å². The number of carboxylic acid groups (broad SMARTS) is 1. The minimum atomic E-state index is -0.942. The van der Waals surface area contributed by atoms with Crippen LogP contribution in [0.15, 0.2) is 23.0 Å². The first-order valence-corrected chi connectivity index (χ1v) is 10.8. The number of allylic oxidation sites excluding steroid dienone is 1. The standard InChI is InChI=1S/C23H30N4O4/c1-23(2,3)13-27-18-6-5-17(24-21(18)25(4)22(27)31)14-9-15-11-26(12-16(15)10-14)19(28)7-8-20(29)30/h5-6,9,15-16H,7-8,10-13H2,1-4H3,(H,29,30). The molecular weight excluding hydrogens is 396 g/mol. The van der Waals surface area contributed by atoms with Gasteiger partial charge in [-0.15, -0.1) is 0 Å². The van der Waals surface area contributed by atoms with Crippen LogP contribution < -0.4 is 5.69 Å². The molecule has 0 aromatic carbocycles. The van der Waals surface area contributed by atoms with Crippen LogP contribution in [0, 0.1) is 17.3 Å². The third-order valence-corrected chi connectivity index (χ3v) is 6.24. The van der Waals surface area contributed by atoms with Crippen molar-refractivity contribution >= 4 is 28.6 Å². The first-order chi connectivity index (χ1) is 14.5. The number of carbonyl (C=O) groups excluding carboxylic acids is 1. The number of pyridine rings is 1. The fourth-order valence-electron chi connectivity index (χ4n) is 4.75. The van der Waals surface area contributed by atoms with Crippen molar-refractivity contribution in [1.29, 1.82) is 0 Å². The SMILES string of the molecule is Cn1c(=O)n(CC(C)(C)C)c2ccc(C3=CC4CN(C(=O)CCC(=O)O)CC4C3)nc21. The molecule has 2 aromatic heterocycles. The first-order valence-electron chi connectivity index (χ1n) is 10.8. The van der Waals surface area contributed by atoms with Gasteiger partial charge in [-0.3, -0.25) is 18.7 Å². The number of hydrogen-bond acceptors (Lipinski definition) is 4.